The van der Waals surface area contributed by atoms with Crippen molar-refractivity contribution in [1.29, 1.82) is 0 Å². The lowest BCUT2D eigenvalue weighted by atomic mass is 10.2. The minimum Gasteiger partial charge on any atom is -0.444 e. The molecule has 0 bridgehead atoms. The van der Waals surface area contributed by atoms with Crippen LogP contribution in [0.15, 0.2) is 0 Å². The van der Waals surface area contributed by atoms with Gasteiger partial charge in [-0.2, -0.15) is 0 Å². The fourth-order valence-corrected chi connectivity index (χ4v) is 0.790. The summed E-state index contributed by atoms with van der Waals surface area (Å²) in [6.45, 7) is 7.25. The number of nitrogens with zero attached hydrogens (tertiary/aromatic N) is 1. The zero-order valence-electron chi connectivity index (χ0n) is 12.6. The van der Waals surface area contributed by atoms with Crippen molar-refractivity contribution in [2.45, 2.75) is 46.1 Å². The second kappa shape index (κ2) is 11.7. The lowest BCUT2D eigenvalue weighted by molar-refractivity contribution is -0.839. The highest BCUT2D eigenvalue weighted by Gasteiger charge is 2.14. The Kier molecular flexibility index (Phi) is 11.8. The molecule has 0 fully saturated rings. The Balaban J connectivity index is 0. The highest BCUT2D eigenvalue weighted by atomic mass is 17.3. The third-order valence-corrected chi connectivity index (χ3v) is 1.43. The molecule has 10 heteroatoms. The molecular weight excluding hydrogens is 288 g/mol. The van der Waals surface area contributed by atoms with Crippen LogP contribution in [0.2, 0.25) is 0 Å². The molecular formula is C11H22N2O8. The van der Waals surface area contributed by atoms with Crippen LogP contribution in [-0.4, -0.2) is 41.0 Å². The van der Waals surface area contributed by atoms with E-state index in [1.807, 2.05) is 0 Å². The number of carbonyl (C=O) groups is 2. The van der Waals surface area contributed by atoms with Crippen molar-refractivity contribution in [1.82, 2.24) is 5.32 Å². The van der Waals surface area contributed by atoms with Gasteiger partial charge in [0.1, 0.15) is 5.60 Å². The van der Waals surface area contributed by atoms with Gasteiger partial charge in [0.25, 0.3) is 0 Å². The van der Waals surface area contributed by atoms with Crippen LogP contribution in [0.4, 0.5) is 4.79 Å². The fraction of sp³-hybridized carbons (Fsp3) is 0.818. The molecule has 1 amide bonds. The Morgan fingerprint density at radius 3 is 2.29 bits per heavy atom. The van der Waals surface area contributed by atoms with E-state index in [0.717, 1.165) is 0 Å². The highest BCUT2D eigenvalue weighted by Crippen LogP contribution is 2.05. The number of hydrogen-bond acceptors (Lipinski definition) is 8. The van der Waals surface area contributed by atoms with Crippen LogP contribution in [0.1, 0.15) is 40.5 Å². The van der Waals surface area contributed by atoms with Gasteiger partial charge in [0.15, 0.2) is 0 Å². The molecule has 0 aromatic carbocycles. The molecule has 0 aromatic heterocycles. The SMILES string of the molecule is CC(C)(C)OC(=O)NCCO.CCCC(=O)OO[N+](=O)[O-]. The maximum atomic E-state index is 10.8. The number of nitrogens with one attached hydrogen (secondary N) is 1. The normalized spacial score (nSPS) is 9.76. The quantitative estimate of drug-likeness (QED) is 0.420. The van der Waals surface area contributed by atoms with Crippen molar-refractivity contribution >= 4 is 12.1 Å². The van der Waals surface area contributed by atoms with Crippen LogP contribution < -0.4 is 5.32 Å². The molecule has 0 aliphatic carbocycles. The molecule has 0 rings (SSSR count). The molecule has 0 aliphatic heterocycles. The van der Waals surface area contributed by atoms with E-state index in [9.17, 15) is 19.7 Å². The maximum Gasteiger partial charge on any atom is 0.407 e. The summed E-state index contributed by atoms with van der Waals surface area (Å²) in [4.78, 5) is 37.5. The average Bonchev–Trinajstić information content (AvgIpc) is 2.33. The fourth-order valence-electron chi connectivity index (χ4n) is 0.790. The first-order valence-electron chi connectivity index (χ1n) is 6.22. The topological polar surface area (TPSA) is 137 Å². The van der Waals surface area contributed by atoms with E-state index < -0.39 is 22.8 Å². The van der Waals surface area contributed by atoms with E-state index in [1.54, 1.807) is 27.7 Å². The van der Waals surface area contributed by atoms with Crippen LogP contribution in [0, 0.1) is 10.1 Å². The molecule has 0 aromatic rings. The molecule has 0 heterocycles. The molecule has 0 saturated heterocycles. The molecule has 0 radical (unpaired) electrons. The monoisotopic (exact) mass is 310 g/mol. The predicted molar refractivity (Wildman–Crippen MR) is 70.4 cm³/mol. The first-order valence-corrected chi connectivity index (χ1v) is 6.22. The van der Waals surface area contributed by atoms with Crippen molar-refractivity contribution in [2.75, 3.05) is 13.2 Å². The molecule has 0 atom stereocenters. The lowest BCUT2D eigenvalue weighted by Crippen LogP contribution is -2.33. The lowest BCUT2D eigenvalue weighted by Gasteiger charge is -2.19. The van der Waals surface area contributed by atoms with Gasteiger partial charge in [-0.15, -0.1) is 10.1 Å². The van der Waals surface area contributed by atoms with Crippen molar-refractivity contribution < 1.29 is 34.4 Å². The first-order chi connectivity index (χ1) is 9.62. The van der Waals surface area contributed by atoms with E-state index in [0.29, 0.717) is 6.42 Å². The highest BCUT2D eigenvalue weighted by molar-refractivity contribution is 5.68. The van der Waals surface area contributed by atoms with Crippen LogP contribution in [-0.2, 0) is 19.4 Å². The summed E-state index contributed by atoms with van der Waals surface area (Å²) in [7, 11) is 0. The smallest absolute Gasteiger partial charge is 0.407 e. The zero-order chi connectivity index (χ0) is 16.9. The zero-order valence-corrected chi connectivity index (χ0v) is 12.6. The third kappa shape index (κ3) is 20.4. The Bertz CT molecular complexity index is 327. The molecule has 0 saturated carbocycles. The number of ether oxygens (including phenoxy) is 1. The summed E-state index contributed by atoms with van der Waals surface area (Å²) in [5.41, 5.74) is -0.473. The predicted octanol–water partition coefficient (Wildman–Crippen LogP) is 0.956. The van der Waals surface area contributed by atoms with Gasteiger partial charge in [-0.3, -0.25) is 4.89 Å². The van der Waals surface area contributed by atoms with Crippen LogP contribution in [0.25, 0.3) is 0 Å². The number of rotatable bonds is 6. The Labute approximate surface area is 122 Å². The summed E-state index contributed by atoms with van der Waals surface area (Å²) in [6.07, 6.45) is 0.194. The second-order valence-electron chi connectivity index (χ2n) is 4.66. The van der Waals surface area contributed by atoms with Gasteiger partial charge >= 0.3 is 17.1 Å². The number of carbonyl (C=O) groups excluding carboxylic acids is 2. The molecule has 10 nitrogen and oxygen atoms in total. The molecule has 124 valence electrons. The van der Waals surface area contributed by atoms with Crippen LogP contribution >= 0.6 is 0 Å². The molecule has 21 heavy (non-hydrogen) atoms. The van der Waals surface area contributed by atoms with Gasteiger partial charge in [0.05, 0.1) is 6.61 Å². The minimum atomic E-state index is -1.19. The van der Waals surface area contributed by atoms with E-state index in [4.69, 9.17) is 9.84 Å². The molecule has 0 aliphatic rings. The largest absolute Gasteiger partial charge is 0.444 e. The van der Waals surface area contributed by atoms with Crippen molar-refractivity contribution in [3.8, 4) is 0 Å². The van der Waals surface area contributed by atoms with Gasteiger partial charge in [-0.25, -0.2) is 9.59 Å². The summed E-state index contributed by atoms with van der Waals surface area (Å²) < 4.78 is 4.88. The summed E-state index contributed by atoms with van der Waals surface area (Å²) in [5, 5.41) is 18.9. The van der Waals surface area contributed by atoms with Gasteiger partial charge in [-0.1, -0.05) is 11.9 Å². The number of alkyl carbamates (subject to hydrolysis) is 1. The summed E-state index contributed by atoms with van der Waals surface area (Å²) in [5.74, 6) is -0.737. The van der Waals surface area contributed by atoms with Gasteiger partial charge in [-0.05, 0) is 27.2 Å². The molecule has 0 unspecified atom stereocenters. The minimum absolute atomic E-state index is 0.0702. The first kappa shape index (κ1) is 21.2. The van der Waals surface area contributed by atoms with Gasteiger partial charge in [0.2, 0.25) is 0 Å². The van der Waals surface area contributed by atoms with E-state index in [-0.39, 0.29) is 19.6 Å². The van der Waals surface area contributed by atoms with Gasteiger partial charge < -0.3 is 15.2 Å². The second-order valence-corrected chi connectivity index (χ2v) is 4.66. The summed E-state index contributed by atoms with van der Waals surface area (Å²) in [6, 6.07) is 0. The van der Waals surface area contributed by atoms with Gasteiger partial charge in [0, 0.05) is 13.0 Å². The summed E-state index contributed by atoms with van der Waals surface area (Å²) >= 11 is 0. The van der Waals surface area contributed by atoms with Crippen molar-refractivity contribution in [2.24, 2.45) is 0 Å². The number of hydrogen-bond donors (Lipinski definition) is 2. The van der Waals surface area contributed by atoms with E-state index >= 15 is 0 Å². The van der Waals surface area contributed by atoms with E-state index in [2.05, 4.69) is 15.2 Å². The van der Waals surface area contributed by atoms with Crippen molar-refractivity contribution in [3.63, 3.8) is 0 Å². The van der Waals surface area contributed by atoms with Crippen molar-refractivity contribution in [3.05, 3.63) is 10.1 Å². The van der Waals surface area contributed by atoms with Crippen LogP contribution in [0.5, 0.6) is 0 Å². The van der Waals surface area contributed by atoms with Crippen LogP contribution in [0.3, 0.4) is 0 Å². The number of aliphatic hydroxyl groups is 1. The average molecular weight is 310 g/mol. The molecule has 0 spiro atoms. The maximum absolute atomic E-state index is 10.8. The molecule has 2 N–H and O–H groups in total. The third-order valence-electron chi connectivity index (χ3n) is 1.43. The Morgan fingerprint density at radius 1 is 1.33 bits per heavy atom. The number of amides is 1. The Hall–Kier alpha value is -2.10. The van der Waals surface area contributed by atoms with E-state index in [1.165, 1.54) is 0 Å². The standard InChI is InChI=1S/C7H15NO3.C4H7NO5/c1-7(2,3)11-6(10)8-4-5-9;1-2-3-4(6)9-10-5(7)8/h9H,4-5H2,1-3H3,(H,8,10);2-3H2,1H3. The number of aliphatic hydroxyl groups excluding tert-OH is 1. The Morgan fingerprint density at radius 2 is 1.90 bits per heavy atom.